The Labute approximate surface area is 180 Å². The summed E-state index contributed by atoms with van der Waals surface area (Å²) in [5.41, 5.74) is 2.02. The van der Waals surface area contributed by atoms with Crippen LogP contribution in [0.4, 0.5) is 0 Å². The fourth-order valence-corrected chi connectivity index (χ4v) is 3.36. The van der Waals surface area contributed by atoms with Gasteiger partial charge in [0.1, 0.15) is 6.61 Å². The topological polar surface area (TPSA) is 43.4 Å². The van der Waals surface area contributed by atoms with Crippen LogP contribution >= 0.6 is 47.8 Å². The predicted octanol–water partition coefficient (Wildman–Crippen LogP) is 5.52. The first kappa shape index (κ1) is 23.5. The molecule has 27 heavy (non-hydrogen) atoms. The average molecular weight is 448 g/mol. The standard InChI is InChI=1S/C19H19ClN2O2S.2ClH/c1-23-18-9-15(11-22-12-16-5-3-7-25-16)8-17(20)19(18)24-13-14-4-2-6-21-10-14;;/h2-10,22H,11-13H2,1H3;2*1H. The van der Waals surface area contributed by atoms with Crippen molar-refractivity contribution in [1.82, 2.24) is 10.3 Å². The van der Waals surface area contributed by atoms with Crippen LogP contribution < -0.4 is 14.8 Å². The number of ether oxygens (including phenoxy) is 2. The highest BCUT2D eigenvalue weighted by Gasteiger charge is 2.12. The van der Waals surface area contributed by atoms with Crippen LogP contribution in [-0.2, 0) is 19.7 Å². The first-order chi connectivity index (χ1) is 12.3. The van der Waals surface area contributed by atoms with Gasteiger partial charge < -0.3 is 14.8 Å². The zero-order chi connectivity index (χ0) is 17.5. The fraction of sp³-hybridized carbons (Fsp3) is 0.211. The molecule has 0 spiro atoms. The smallest absolute Gasteiger partial charge is 0.180 e. The molecule has 0 saturated heterocycles. The van der Waals surface area contributed by atoms with Crippen molar-refractivity contribution in [2.75, 3.05) is 7.11 Å². The van der Waals surface area contributed by atoms with Gasteiger partial charge in [-0.05, 0) is 35.2 Å². The summed E-state index contributed by atoms with van der Waals surface area (Å²) in [5.74, 6) is 1.18. The third-order valence-corrected chi connectivity index (χ3v) is 4.76. The Bertz CT molecular complexity index is 802. The lowest BCUT2D eigenvalue weighted by Crippen LogP contribution is -2.12. The second kappa shape index (κ2) is 12.1. The van der Waals surface area contributed by atoms with Gasteiger partial charge in [0.05, 0.1) is 12.1 Å². The number of hydrogen-bond acceptors (Lipinski definition) is 5. The van der Waals surface area contributed by atoms with Crippen molar-refractivity contribution in [3.05, 3.63) is 75.2 Å². The van der Waals surface area contributed by atoms with E-state index in [9.17, 15) is 0 Å². The van der Waals surface area contributed by atoms with E-state index in [2.05, 4.69) is 27.8 Å². The van der Waals surface area contributed by atoms with E-state index in [1.807, 2.05) is 24.3 Å². The van der Waals surface area contributed by atoms with Crippen LogP contribution in [0.15, 0.2) is 54.2 Å². The molecule has 0 unspecified atom stereocenters. The third kappa shape index (κ3) is 6.87. The quantitative estimate of drug-likeness (QED) is 0.494. The molecule has 8 heteroatoms. The van der Waals surface area contributed by atoms with E-state index in [1.54, 1.807) is 30.8 Å². The Hall–Kier alpha value is -1.50. The van der Waals surface area contributed by atoms with Crippen LogP contribution in [-0.4, -0.2) is 12.1 Å². The van der Waals surface area contributed by atoms with Crippen molar-refractivity contribution in [1.29, 1.82) is 0 Å². The second-order valence-electron chi connectivity index (χ2n) is 5.44. The van der Waals surface area contributed by atoms with Crippen LogP contribution in [0, 0.1) is 0 Å². The minimum Gasteiger partial charge on any atom is -0.493 e. The number of nitrogens with one attached hydrogen (secondary N) is 1. The number of benzene rings is 1. The number of rotatable bonds is 8. The highest BCUT2D eigenvalue weighted by molar-refractivity contribution is 7.09. The zero-order valence-corrected chi connectivity index (χ0v) is 17.9. The van der Waals surface area contributed by atoms with Gasteiger partial charge in [0.25, 0.3) is 0 Å². The lowest BCUT2D eigenvalue weighted by molar-refractivity contribution is 0.284. The lowest BCUT2D eigenvalue weighted by atomic mass is 10.2. The van der Waals surface area contributed by atoms with Gasteiger partial charge in [-0.2, -0.15) is 0 Å². The highest BCUT2D eigenvalue weighted by Crippen LogP contribution is 2.37. The average Bonchev–Trinajstić information content (AvgIpc) is 3.15. The van der Waals surface area contributed by atoms with E-state index in [1.165, 1.54) is 4.88 Å². The van der Waals surface area contributed by atoms with Gasteiger partial charge in [-0.1, -0.05) is 23.7 Å². The number of nitrogens with zero attached hydrogens (tertiary/aromatic N) is 1. The Morgan fingerprint density at radius 3 is 2.63 bits per heavy atom. The Morgan fingerprint density at radius 1 is 1.11 bits per heavy atom. The lowest BCUT2D eigenvalue weighted by Gasteiger charge is -2.14. The van der Waals surface area contributed by atoms with E-state index in [-0.39, 0.29) is 24.8 Å². The van der Waals surface area contributed by atoms with E-state index in [0.29, 0.717) is 29.7 Å². The molecular formula is C19H21Cl3N2O2S. The summed E-state index contributed by atoms with van der Waals surface area (Å²) in [6.07, 6.45) is 3.50. The summed E-state index contributed by atoms with van der Waals surface area (Å²) in [6, 6.07) is 11.8. The summed E-state index contributed by atoms with van der Waals surface area (Å²) < 4.78 is 11.3. The number of methoxy groups -OCH3 is 1. The highest BCUT2D eigenvalue weighted by atomic mass is 35.5. The number of thiophene rings is 1. The molecule has 3 aromatic rings. The summed E-state index contributed by atoms with van der Waals surface area (Å²) >= 11 is 8.15. The molecule has 3 rings (SSSR count). The minimum absolute atomic E-state index is 0. The molecule has 0 radical (unpaired) electrons. The molecule has 0 saturated carbocycles. The Kier molecular flexibility index (Phi) is 10.5. The van der Waals surface area contributed by atoms with Crippen LogP contribution in [0.1, 0.15) is 16.0 Å². The first-order valence-corrected chi connectivity index (χ1v) is 9.13. The number of aromatic nitrogens is 1. The molecule has 2 heterocycles. The maximum absolute atomic E-state index is 6.41. The van der Waals surface area contributed by atoms with Gasteiger partial charge in [0.2, 0.25) is 0 Å². The molecule has 0 aliphatic carbocycles. The zero-order valence-electron chi connectivity index (χ0n) is 14.7. The first-order valence-electron chi connectivity index (χ1n) is 7.87. The van der Waals surface area contributed by atoms with Gasteiger partial charge in [-0.25, -0.2) is 0 Å². The molecular weight excluding hydrogens is 427 g/mol. The van der Waals surface area contributed by atoms with Gasteiger partial charge in [0, 0.05) is 35.9 Å². The largest absolute Gasteiger partial charge is 0.493 e. The predicted molar refractivity (Wildman–Crippen MR) is 116 cm³/mol. The number of hydrogen-bond donors (Lipinski definition) is 1. The van der Waals surface area contributed by atoms with E-state index in [4.69, 9.17) is 21.1 Å². The third-order valence-electron chi connectivity index (χ3n) is 3.60. The monoisotopic (exact) mass is 446 g/mol. The minimum atomic E-state index is 0. The molecule has 2 aromatic heterocycles. The fourth-order valence-electron chi connectivity index (χ4n) is 2.40. The van der Waals surface area contributed by atoms with Crippen molar-refractivity contribution in [2.24, 2.45) is 0 Å². The van der Waals surface area contributed by atoms with Gasteiger partial charge in [-0.3, -0.25) is 4.98 Å². The molecule has 4 nitrogen and oxygen atoms in total. The van der Waals surface area contributed by atoms with Crippen molar-refractivity contribution in [3.8, 4) is 11.5 Å². The van der Waals surface area contributed by atoms with E-state index < -0.39 is 0 Å². The van der Waals surface area contributed by atoms with Crippen molar-refractivity contribution < 1.29 is 9.47 Å². The molecule has 0 amide bonds. The SMILES string of the molecule is COc1cc(CNCc2cccs2)cc(Cl)c1OCc1cccnc1.Cl.Cl. The Balaban J connectivity index is 0.00000182. The van der Waals surface area contributed by atoms with E-state index >= 15 is 0 Å². The number of halogens is 3. The van der Waals surface area contributed by atoms with Gasteiger partial charge in [-0.15, -0.1) is 36.2 Å². The van der Waals surface area contributed by atoms with Crippen LogP contribution in [0.3, 0.4) is 0 Å². The molecule has 0 bridgehead atoms. The summed E-state index contributed by atoms with van der Waals surface area (Å²) in [7, 11) is 1.62. The van der Waals surface area contributed by atoms with Gasteiger partial charge >= 0.3 is 0 Å². The van der Waals surface area contributed by atoms with Gasteiger partial charge in [0.15, 0.2) is 11.5 Å². The summed E-state index contributed by atoms with van der Waals surface area (Å²) in [6.45, 7) is 1.92. The normalized spacial score (nSPS) is 9.85. The molecule has 1 aromatic carbocycles. The maximum Gasteiger partial charge on any atom is 0.180 e. The maximum atomic E-state index is 6.41. The molecule has 0 aliphatic rings. The molecule has 1 N–H and O–H groups in total. The molecule has 0 fully saturated rings. The van der Waals surface area contributed by atoms with Crippen LogP contribution in [0.25, 0.3) is 0 Å². The summed E-state index contributed by atoms with van der Waals surface area (Å²) in [4.78, 5) is 5.38. The van der Waals surface area contributed by atoms with Crippen molar-refractivity contribution in [3.63, 3.8) is 0 Å². The molecule has 0 atom stereocenters. The summed E-state index contributed by atoms with van der Waals surface area (Å²) in [5, 5.41) is 6.02. The van der Waals surface area contributed by atoms with Crippen molar-refractivity contribution in [2.45, 2.75) is 19.7 Å². The second-order valence-corrected chi connectivity index (χ2v) is 6.88. The van der Waals surface area contributed by atoms with Crippen LogP contribution in [0.2, 0.25) is 5.02 Å². The van der Waals surface area contributed by atoms with E-state index in [0.717, 1.165) is 17.7 Å². The van der Waals surface area contributed by atoms with Crippen molar-refractivity contribution >= 4 is 47.8 Å². The molecule has 0 aliphatic heterocycles. The van der Waals surface area contributed by atoms with Crippen LogP contribution in [0.5, 0.6) is 11.5 Å². The Morgan fingerprint density at radius 2 is 1.96 bits per heavy atom. The molecule has 146 valence electrons. The number of pyridine rings is 1.